The third-order valence-corrected chi connectivity index (χ3v) is 2.64. The van der Waals surface area contributed by atoms with Crippen molar-refractivity contribution in [3.05, 3.63) is 40.8 Å². The van der Waals surface area contributed by atoms with Gasteiger partial charge in [-0.05, 0) is 32.4 Å². The molecule has 3 nitrogen and oxygen atoms in total. The monoisotopic (exact) mass is 211 g/mol. The average molecular weight is 211 g/mol. The maximum atomic E-state index is 8.80. The Hall–Kier alpha value is -2.08. The Balaban J connectivity index is 2.63. The fourth-order valence-electron chi connectivity index (χ4n) is 1.77. The standard InChI is InChI=1S/C13H13N3/c1-8-4-5-9(2)11(6-8)13-10(3)15-12(7-14)16-13/h4-6H,1-3H3,(H,15,16). The van der Waals surface area contributed by atoms with Gasteiger partial charge in [0, 0.05) is 11.3 Å². The Morgan fingerprint density at radius 2 is 2.00 bits per heavy atom. The van der Waals surface area contributed by atoms with E-state index in [1.54, 1.807) is 0 Å². The van der Waals surface area contributed by atoms with Crippen molar-refractivity contribution in [3.8, 4) is 17.3 Å². The van der Waals surface area contributed by atoms with Crippen LogP contribution in [0.5, 0.6) is 0 Å². The van der Waals surface area contributed by atoms with Crippen molar-refractivity contribution >= 4 is 0 Å². The number of benzene rings is 1. The summed E-state index contributed by atoms with van der Waals surface area (Å²) in [5.74, 6) is 0.369. The van der Waals surface area contributed by atoms with Crippen LogP contribution in [0.1, 0.15) is 22.6 Å². The lowest BCUT2D eigenvalue weighted by Crippen LogP contribution is -1.87. The molecule has 0 radical (unpaired) electrons. The van der Waals surface area contributed by atoms with E-state index in [9.17, 15) is 0 Å². The summed E-state index contributed by atoms with van der Waals surface area (Å²) >= 11 is 0. The summed E-state index contributed by atoms with van der Waals surface area (Å²) < 4.78 is 0. The Kier molecular flexibility index (Phi) is 2.49. The number of hydrogen-bond donors (Lipinski definition) is 1. The minimum absolute atomic E-state index is 0.369. The van der Waals surface area contributed by atoms with E-state index >= 15 is 0 Å². The van der Waals surface area contributed by atoms with Crippen molar-refractivity contribution in [3.63, 3.8) is 0 Å². The Morgan fingerprint density at radius 3 is 2.62 bits per heavy atom. The number of nitrogens with zero attached hydrogens (tertiary/aromatic N) is 2. The molecule has 80 valence electrons. The number of imidazole rings is 1. The zero-order chi connectivity index (χ0) is 11.7. The second kappa shape index (κ2) is 3.82. The van der Waals surface area contributed by atoms with E-state index in [0.717, 1.165) is 17.0 Å². The smallest absolute Gasteiger partial charge is 0.210 e. The number of aromatic nitrogens is 2. The topological polar surface area (TPSA) is 52.5 Å². The van der Waals surface area contributed by atoms with E-state index < -0.39 is 0 Å². The molecule has 0 atom stereocenters. The molecule has 0 fully saturated rings. The number of aryl methyl sites for hydroxylation is 3. The van der Waals surface area contributed by atoms with Crippen LogP contribution in [0.2, 0.25) is 0 Å². The Labute approximate surface area is 94.8 Å². The molecule has 1 aromatic carbocycles. The van der Waals surface area contributed by atoms with E-state index in [-0.39, 0.29) is 0 Å². The first-order chi connectivity index (χ1) is 7.61. The third-order valence-electron chi connectivity index (χ3n) is 2.64. The maximum Gasteiger partial charge on any atom is 0.210 e. The molecule has 0 saturated heterocycles. The van der Waals surface area contributed by atoms with Crippen molar-refractivity contribution in [2.75, 3.05) is 0 Å². The van der Waals surface area contributed by atoms with Crippen LogP contribution in [0, 0.1) is 32.1 Å². The zero-order valence-electron chi connectivity index (χ0n) is 9.63. The van der Waals surface area contributed by atoms with Crippen molar-refractivity contribution in [1.82, 2.24) is 9.97 Å². The van der Waals surface area contributed by atoms with E-state index in [2.05, 4.69) is 42.0 Å². The Bertz CT molecular complexity index is 573. The first-order valence-electron chi connectivity index (χ1n) is 5.16. The summed E-state index contributed by atoms with van der Waals surface area (Å²) in [5, 5.41) is 8.80. The highest BCUT2D eigenvalue weighted by Crippen LogP contribution is 2.25. The summed E-state index contributed by atoms with van der Waals surface area (Å²) in [7, 11) is 0. The second-order valence-corrected chi connectivity index (χ2v) is 3.99. The fraction of sp³-hybridized carbons (Fsp3) is 0.231. The lowest BCUT2D eigenvalue weighted by Gasteiger charge is -2.04. The summed E-state index contributed by atoms with van der Waals surface area (Å²) in [6.07, 6.45) is 0. The second-order valence-electron chi connectivity index (χ2n) is 3.99. The maximum absolute atomic E-state index is 8.80. The number of nitriles is 1. The van der Waals surface area contributed by atoms with Gasteiger partial charge in [0.1, 0.15) is 6.07 Å². The van der Waals surface area contributed by atoms with Crippen LogP contribution in [-0.2, 0) is 0 Å². The molecule has 0 unspecified atom stereocenters. The van der Waals surface area contributed by atoms with E-state index in [1.807, 2.05) is 13.0 Å². The molecule has 16 heavy (non-hydrogen) atoms. The molecule has 1 aromatic heterocycles. The van der Waals surface area contributed by atoms with Crippen molar-refractivity contribution in [2.24, 2.45) is 0 Å². The molecule has 1 N–H and O–H groups in total. The van der Waals surface area contributed by atoms with Crippen LogP contribution in [0.3, 0.4) is 0 Å². The summed E-state index contributed by atoms with van der Waals surface area (Å²) in [5.41, 5.74) is 5.27. The SMILES string of the molecule is Cc1ccc(C)c(-c2nc(C#N)[nH]c2C)c1. The molecule has 0 saturated carbocycles. The van der Waals surface area contributed by atoms with Crippen molar-refractivity contribution in [1.29, 1.82) is 5.26 Å². The van der Waals surface area contributed by atoms with Crippen LogP contribution < -0.4 is 0 Å². The molecule has 3 heteroatoms. The van der Waals surface area contributed by atoms with Gasteiger partial charge in [-0.25, -0.2) is 4.98 Å². The van der Waals surface area contributed by atoms with Crippen molar-refractivity contribution in [2.45, 2.75) is 20.8 Å². The van der Waals surface area contributed by atoms with Gasteiger partial charge in [0.15, 0.2) is 0 Å². The molecule has 2 aromatic rings. The minimum atomic E-state index is 0.369. The first kappa shape index (κ1) is 10.4. The van der Waals surface area contributed by atoms with Gasteiger partial charge in [0.25, 0.3) is 0 Å². The van der Waals surface area contributed by atoms with Gasteiger partial charge < -0.3 is 4.98 Å². The highest BCUT2D eigenvalue weighted by Gasteiger charge is 2.10. The summed E-state index contributed by atoms with van der Waals surface area (Å²) in [6.45, 7) is 6.04. The van der Waals surface area contributed by atoms with Gasteiger partial charge in [-0.2, -0.15) is 5.26 Å². The molecule has 0 bridgehead atoms. The summed E-state index contributed by atoms with van der Waals surface area (Å²) in [6, 6.07) is 8.27. The molecular formula is C13H13N3. The van der Waals surface area contributed by atoms with E-state index in [4.69, 9.17) is 5.26 Å². The first-order valence-corrected chi connectivity index (χ1v) is 5.16. The molecule has 0 aliphatic carbocycles. The van der Waals surface area contributed by atoms with Gasteiger partial charge in [-0.1, -0.05) is 17.7 Å². The number of rotatable bonds is 1. The van der Waals surface area contributed by atoms with Gasteiger partial charge in [-0.15, -0.1) is 0 Å². The molecule has 2 rings (SSSR count). The predicted molar refractivity (Wildman–Crippen MR) is 62.9 cm³/mol. The van der Waals surface area contributed by atoms with Gasteiger partial charge in [0.2, 0.25) is 5.82 Å². The largest absolute Gasteiger partial charge is 0.333 e. The van der Waals surface area contributed by atoms with E-state index in [1.165, 1.54) is 11.1 Å². The van der Waals surface area contributed by atoms with Crippen LogP contribution in [0.4, 0.5) is 0 Å². The number of hydrogen-bond acceptors (Lipinski definition) is 2. The molecule has 0 aliphatic heterocycles. The molecule has 0 aliphatic rings. The normalized spacial score (nSPS) is 10.1. The van der Waals surface area contributed by atoms with Gasteiger partial charge in [0.05, 0.1) is 5.69 Å². The van der Waals surface area contributed by atoms with Crippen LogP contribution in [0.25, 0.3) is 11.3 Å². The average Bonchev–Trinajstić information content (AvgIpc) is 2.63. The number of aromatic amines is 1. The fourth-order valence-corrected chi connectivity index (χ4v) is 1.77. The molecule has 0 spiro atoms. The molecule has 0 amide bonds. The highest BCUT2D eigenvalue weighted by molar-refractivity contribution is 5.67. The number of H-pyrrole nitrogens is 1. The number of nitrogens with one attached hydrogen (secondary N) is 1. The zero-order valence-corrected chi connectivity index (χ0v) is 9.63. The van der Waals surface area contributed by atoms with Gasteiger partial charge in [-0.3, -0.25) is 0 Å². The lowest BCUT2D eigenvalue weighted by atomic mass is 10.0. The van der Waals surface area contributed by atoms with Crippen LogP contribution in [-0.4, -0.2) is 9.97 Å². The predicted octanol–water partition coefficient (Wildman–Crippen LogP) is 2.87. The van der Waals surface area contributed by atoms with Gasteiger partial charge >= 0.3 is 0 Å². The minimum Gasteiger partial charge on any atom is -0.333 e. The summed E-state index contributed by atoms with van der Waals surface area (Å²) in [4.78, 5) is 7.25. The highest BCUT2D eigenvalue weighted by atomic mass is 14.9. The lowest BCUT2D eigenvalue weighted by molar-refractivity contribution is 1.20. The van der Waals surface area contributed by atoms with Crippen molar-refractivity contribution < 1.29 is 0 Å². The third kappa shape index (κ3) is 1.70. The quantitative estimate of drug-likeness (QED) is 0.788. The Morgan fingerprint density at radius 1 is 1.25 bits per heavy atom. The van der Waals surface area contributed by atoms with Crippen LogP contribution in [0.15, 0.2) is 18.2 Å². The van der Waals surface area contributed by atoms with E-state index in [0.29, 0.717) is 5.82 Å². The van der Waals surface area contributed by atoms with Crippen LogP contribution >= 0.6 is 0 Å². The molecular weight excluding hydrogens is 198 g/mol. The molecule has 1 heterocycles.